The summed E-state index contributed by atoms with van der Waals surface area (Å²) in [5.41, 5.74) is -0.508. The molecule has 0 aliphatic carbocycles. The molecule has 1 fully saturated rings. The molecule has 1 aromatic carbocycles. The van der Waals surface area contributed by atoms with Gasteiger partial charge in [-0.05, 0) is 82.5 Å². The minimum absolute atomic E-state index is 0.105. The number of imide groups is 1. The number of nitrogens with zero attached hydrogens (tertiary/aromatic N) is 3. The number of thiazole rings is 1. The van der Waals surface area contributed by atoms with Crippen LogP contribution in [0.15, 0.2) is 10.3 Å². The molecule has 2 heterocycles. The average Bonchev–Trinajstić information content (AvgIpc) is 3.30. The molecule has 8 nitrogen and oxygen atoms in total. The summed E-state index contributed by atoms with van der Waals surface area (Å²) >= 11 is 3.36. The molecule has 1 aliphatic rings. The van der Waals surface area contributed by atoms with Crippen molar-refractivity contribution < 1.29 is 28.3 Å². The minimum Gasteiger partial charge on any atom is -0.385 e. The summed E-state index contributed by atoms with van der Waals surface area (Å²) in [6.45, 7) is 16.2. The second-order valence-electron chi connectivity index (χ2n) is 12.1. The van der Waals surface area contributed by atoms with Gasteiger partial charge < -0.3 is 10.0 Å². The van der Waals surface area contributed by atoms with Gasteiger partial charge in [-0.2, -0.15) is 0 Å². The Bertz CT molecular complexity index is 1300. The maximum atomic E-state index is 15.6. The first-order valence-electron chi connectivity index (χ1n) is 15.7. The first-order valence-corrected chi connectivity index (χ1v) is 17.3. The van der Waals surface area contributed by atoms with Crippen LogP contribution in [0, 0.1) is 37.3 Å². The molecule has 12 heteroatoms. The Kier molecular flexibility index (Phi) is 15.7. The Balaban J connectivity index is 0.000000607. The molecule has 252 valence electrons. The fraction of sp³-hybridized carbons (Fsp3) is 0.636. The van der Waals surface area contributed by atoms with Gasteiger partial charge in [-0.15, -0.1) is 11.3 Å². The van der Waals surface area contributed by atoms with Crippen LogP contribution >= 0.6 is 23.3 Å². The highest BCUT2D eigenvalue weighted by molar-refractivity contribution is 7.99. The van der Waals surface area contributed by atoms with E-state index < -0.39 is 17.2 Å². The zero-order valence-corrected chi connectivity index (χ0v) is 29.6. The Morgan fingerprint density at radius 2 is 1.87 bits per heavy atom. The number of halogens is 2. The van der Waals surface area contributed by atoms with Crippen molar-refractivity contribution in [2.45, 2.75) is 96.8 Å². The van der Waals surface area contributed by atoms with Crippen LogP contribution in [-0.2, 0) is 21.6 Å². The molecule has 1 atom stereocenters. The number of amides is 2. The molecule has 0 saturated carbocycles. The Labute approximate surface area is 275 Å². The molecule has 1 aliphatic heterocycles. The fourth-order valence-electron chi connectivity index (χ4n) is 5.12. The molecule has 45 heavy (non-hydrogen) atoms. The largest absolute Gasteiger partial charge is 0.385 e. The van der Waals surface area contributed by atoms with Gasteiger partial charge in [0.25, 0.3) is 0 Å². The van der Waals surface area contributed by atoms with Crippen molar-refractivity contribution in [3.05, 3.63) is 45.1 Å². The van der Waals surface area contributed by atoms with Crippen LogP contribution in [0.3, 0.4) is 0 Å². The maximum Gasteiger partial charge on any atom is 0.226 e. The number of Topliss-reactive ketones (excluding diaryl/α,β-unsaturated/α-hetero) is 1. The van der Waals surface area contributed by atoms with E-state index in [1.54, 1.807) is 37.1 Å². The topological polar surface area (TPSA) is 103 Å². The lowest BCUT2D eigenvalue weighted by Gasteiger charge is -2.39. The van der Waals surface area contributed by atoms with Gasteiger partial charge in [0.2, 0.25) is 12.3 Å². The van der Waals surface area contributed by atoms with E-state index in [0.29, 0.717) is 38.3 Å². The zero-order valence-electron chi connectivity index (χ0n) is 28.0. The van der Waals surface area contributed by atoms with Crippen molar-refractivity contribution in [2.24, 2.45) is 11.8 Å². The van der Waals surface area contributed by atoms with E-state index in [1.807, 2.05) is 41.7 Å². The average molecular weight is 669 g/mol. The minimum atomic E-state index is -1.58. The first kappa shape index (κ1) is 38.9. The van der Waals surface area contributed by atoms with Crippen LogP contribution in [0.1, 0.15) is 98.9 Å². The number of carbonyl (C=O) groups excluding carboxylic acids is 3. The third-order valence-electron chi connectivity index (χ3n) is 8.15. The quantitative estimate of drug-likeness (QED) is 0.135. The van der Waals surface area contributed by atoms with Crippen molar-refractivity contribution >= 4 is 41.4 Å². The smallest absolute Gasteiger partial charge is 0.226 e. The van der Waals surface area contributed by atoms with Crippen LogP contribution in [-0.4, -0.2) is 70.6 Å². The molecular formula is C33H50F2N4O4S2. The summed E-state index contributed by atoms with van der Waals surface area (Å²) in [6.07, 6.45) is 3.05. The number of benzene rings is 1. The van der Waals surface area contributed by atoms with Gasteiger partial charge in [-0.1, -0.05) is 34.6 Å². The number of ketones is 1. The lowest BCUT2D eigenvalue weighted by Crippen LogP contribution is -2.45. The third-order valence-corrected chi connectivity index (χ3v) is 10.4. The highest BCUT2D eigenvalue weighted by atomic mass is 32.2. The number of aliphatic hydroxyl groups is 1. The predicted molar refractivity (Wildman–Crippen MR) is 177 cm³/mol. The normalized spacial score (nSPS) is 15.5. The van der Waals surface area contributed by atoms with Crippen molar-refractivity contribution in [1.29, 1.82) is 0 Å². The Hall–Kier alpha value is -2.25. The van der Waals surface area contributed by atoms with E-state index in [0.717, 1.165) is 36.3 Å². The molecule has 2 N–H and O–H groups in total. The number of likely N-dealkylation sites (tertiary alicyclic amines) is 1. The van der Waals surface area contributed by atoms with Crippen LogP contribution in [0.25, 0.3) is 0 Å². The van der Waals surface area contributed by atoms with Gasteiger partial charge in [0.15, 0.2) is 5.78 Å². The Morgan fingerprint density at radius 1 is 1.22 bits per heavy atom. The standard InChI is InChI=1S/C26H37F2N3O2S2.C7H13NO2/c1-7-16(3)24(32)20-15-21(27)22(23(28)19(20)8-2)26(33)9-11-31(12-10-26)14-13-30(6)35-25-17(4)29-18(5)34-25;1-6(2)3-4-7(10)8-5-9/h15-16,33H,7-14H2,1-6H3;5-6H,3-4H2,1-2H3,(H,8,9,10). The fourth-order valence-corrected chi connectivity index (χ4v) is 7.29. The summed E-state index contributed by atoms with van der Waals surface area (Å²) in [5.74, 6) is -1.83. The monoisotopic (exact) mass is 668 g/mol. The van der Waals surface area contributed by atoms with Gasteiger partial charge in [0, 0.05) is 44.1 Å². The third kappa shape index (κ3) is 11.2. The molecule has 0 radical (unpaired) electrons. The first-order chi connectivity index (χ1) is 21.2. The van der Waals surface area contributed by atoms with Crippen LogP contribution in [0.2, 0.25) is 0 Å². The molecule has 1 saturated heterocycles. The maximum absolute atomic E-state index is 15.6. The number of hydrogen-bond donors (Lipinski definition) is 2. The van der Waals surface area contributed by atoms with Gasteiger partial charge in [0.05, 0.1) is 26.1 Å². The van der Waals surface area contributed by atoms with Gasteiger partial charge in [-0.3, -0.25) is 19.7 Å². The number of likely N-dealkylation sites (N-methyl/N-ethyl adjacent to an activating group) is 1. The number of aryl methyl sites for hydroxylation is 2. The van der Waals surface area contributed by atoms with Crippen molar-refractivity contribution in [3.63, 3.8) is 0 Å². The number of nitrogens with one attached hydrogen (secondary N) is 1. The zero-order chi connectivity index (χ0) is 33.9. The summed E-state index contributed by atoms with van der Waals surface area (Å²) in [5, 5.41) is 14.5. The summed E-state index contributed by atoms with van der Waals surface area (Å²) in [7, 11) is 2.04. The van der Waals surface area contributed by atoms with Crippen molar-refractivity contribution in [3.8, 4) is 0 Å². The van der Waals surface area contributed by atoms with E-state index in [2.05, 4.69) is 19.5 Å². The van der Waals surface area contributed by atoms with Gasteiger partial charge in [-0.25, -0.2) is 18.1 Å². The number of hydrogen-bond acceptors (Lipinski definition) is 9. The lowest BCUT2D eigenvalue weighted by molar-refractivity contribution is -0.125. The van der Waals surface area contributed by atoms with E-state index >= 15 is 8.78 Å². The second-order valence-corrected chi connectivity index (χ2v) is 14.8. The van der Waals surface area contributed by atoms with Crippen molar-refractivity contribution in [2.75, 3.05) is 33.2 Å². The van der Waals surface area contributed by atoms with E-state index in [9.17, 15) is 19.5 Å². The van der Waals surface area contributed by atoms with Gasteiger partial charge >= 0.3 is 0 Å². The number of piperidine rings is 1. The molecule has 1 unspecified atom stereocenters. The summed E-state index contributed by atoms with van der Waals surface area (Å²) in [6, 6.07) is 1.14. The lowest BCUT2D eigenvalue weighted by atomic mass is 9.80. The van der Waals surface area contributed by atoms with E-state index in [4.69, 9.17) is 0 Å². The molecule has 0 spiro atoms. The molecule has 3 rings (SSSR count). The molecular weight excluding hydrogens is 619 g/mol. The van der Waals surface area contributed by atoms with Crippen molar-refractivity contribution in [1.82, 2.24) is 19.5 Å². The SMILES string of the molecule is CC(C)CCC(=O)NC=O.CCc1c(C(=O)C(C)CC)cc(F)c(C2(O)CCN(CCN(C)Sc3sc(C)nc3C)CC2)c1F. The Morgan fingerprint density at radius 3 is 2.38 bits per heavy atom. The molecule has 1 aromatic heterocycles. The van der Waals surface area contributed by atoms with Crippen LogP contribution < -0.4 is 5.32 Å². The molecule has 2 aromatic rings. The number of carbonyl (C=O) groups is 3. The number of aromatic nitrogens is 1. The summed E-state index contributed by atoms with van der Waals surface area (Å²) in [4.78, 5) is 39.7. The highest BCUT2D eigenvalue weighted by Gasteiger charge is 2.40. The van der Waals surface area contributed by atoms with Gasteiger partial charge in [0.1, 0.15) is 11.6 Å². The highest BCUT2D eigenvalue weighted by Crippen LogP contribution is 2.39. The van der Waals surface area contributed by atoms with Crippen LogP contribution in [0.5, 0.6) is 0 Å². The van der Waals surface area contributed by atoms with E-state index in [-0.39, 0.29) is 53.6 Å². The predicted octanol–water partition coefficient (Wildman–Crippen LogP) is 6.45. The van der Waals surface area contributed by atoms with Crippen LogP contribution in [0.4, 0.5) is 8.78 Å². The molecule has 2 amide bonds. The summed E-state index contributed by atoms with van der Waals surface area (Å²) < 4.78 is 34.1. The van der Waals surface area contributed by atoms with E-state index in [1.165, 1.54) is 4.21 Å². The molecule has 0 bridgehead atoms. The number of rotatable bonds is 14. The second kappa shape index (κ2) is 18.2.